The van der Waals surface area contributed by atoms with Crippen molar-refractivity contribution in [1.29, 1.82) is 5.26 Å². The van der Waals surface area contributed by atoms with E-state index in [2.05, 4.69) is 6.92 Å². The van der Waals surface area contributed by atoms with Gasteiger partial charge in [-0.05, 0) is 58.7 Å². The summed E-state index contributed by atoms with van der Waals surface area (Å²) in [5, 5.41) is 9.52. The third-order valence-electron chi connectivity index (χ3n) is 5.77. The molecule has 0 spiro atoms. The van der Waals surface area contributed by atoms with Crippen LogP contribution in [0.25, 0.3) is 33.0 Å². The van der Waals surface area contributed by atoms with E-state index in [1.165, 1.54) is 6.07 Å². The van der Waals surface area contributed by atoms with Crippen LogP contribution >= 0.6 is 0 Å². The van der Waals surface area contributed by atoms with Gasteiger partial charge in [0.1, 0.15) is 23.3 Å². The van der Waals surface area contributed by atoms with Crippen molar-refractivity contribution < 1.29 is 13.2 Å². The number of unbranched alkanes of at least 4 members (excludes halogenated alkanes) is 2. The van der Waals surface area contributed by atoms with Crippen LogP contribution < -0.4 is 0 Å². The molecule has 0 heterocycles. The highest BCUT2D eigenvalue weighted by atomic mass is 19.1. The van der Waals surface area contributed by atoms with Gasteiger partial charge in [0.15, 0.2) is 5.82 Å². The lowest BCUT2D eigenvalue weighted by atomic mass is 9.96. The Hall–Kier alpha value is -3.58. The molecule has 160 valence electrons. The van der Waals surface area contributed by atoms with Gasteiger partial charge in [0.05, 0.1) is 0 Å². The van der Waals surface area contributed by atoms with E-state index in [9.17, 15) is 13.2 Å². The van der Waals surface area contributed by atoms with Gasteiger partial charge in [0, 0.05) is 10.9 Å². The van der Waals surface area contributed by atoms with E-state index in [1.54, 1.807) is 30.3 Å². The van der Waals surface area contributed by atoms with E-state index < -0.39 is 17.2 Å². The molecule has 4 aromatic carbocycles. The van der Waals surface area contributed by atoms with Gasteiger partial charge < -0.3 is 0 Å². The number of nitriles is 1. The van der Waals surface area contributed by atoms with Crippen molar-refractivity contribution in [3.63, 3.8) is 0 Å². The Bertz CT molecular complexity index is 1320. The summed E-state index contributed by atoms with van der Waals surface area (Å²) in [5.41, 5.74) is 3.36. The van der Waals surface area contributed by atoms with Crippen molar-refractivity contribution in [2.24, 2.45) is 0 Å². The Morgan fingerprint density at radius 3 is 2.16 bits per heavy atom. The van der Waals surface area contributed by atoms with E-state index >= 15 is 0 Å². The van der Waals surface area contributed by atoms with Crippen molar-refractivity contribution in [2.75, 3.05) is 0 Å². The number of rotatable bonds is 6. The molecule has 32 heavy (non-hydrogen) atoms. The monoisotopic (exact) mass is 429 g/mol. The van der Waals surface area contributed by atoms with Gasteiger partial charge in [-0.15, -0.1) is 0 Å². The molecule has 4 aromatic rings. The number of hydrogen-bond donors (Lipinski definition) is 0. The largest absolute Gasteiger partial charge is 0.206 e. The van der Waals surface area contributed by atoms with Crippen LogP contribution in [-0.2, 0) is 6.42 Å². The number of nitrogens with zero attached hydrogens (tertiary/aromatic N) is 1. The Morgan fingerprint density at radius 2 is 1.47 bits per heavy atom. The maximum atomic E-state index is 14.7. The zero-order valence-corrected chi connectivity index (χ0v) is 17.8. The number of hydrogen-bond acceptors (Lipinski definition) is 1. The first-order chi connectivity index (χ1) is 15.5. The summed E-state index contributed by atoms with van der Waals surface area (Å²) in [6.07, 6.45) is 4.21. The normalized spacial score (nSPS) is 11.0. The van der Waals surface area contributed by atoms with Crippen LogP contribution in [0.4, 0.5) is 13.2 Å². The predicted molar refractivity (Wildman–Crippen MR) is 123 cm³/mol. The van der Waals surface area contributed by atoms with Crippen LogP contribution in [0.5, 0.6) is 0 Å². The van der Waals surface area contributed by atoms with Crippen LogP contribution in [-0.4, -0.2) is 0 Å². The molecule has 0 aromatic heterocycles. The lowest BCUT2D eigenvalue weighted by molar-refractivity contribution is 0.585. The fourth-order valence-corrected chi connectivity index (χ4v) is 3.98. The number of halogens is 3. The fourth-order valence-electron chi connectivity index (χ4n) is 3.98. The highest BCUT2D eigenvalue weighted by Crippen LogP contribution is 2.31. The topological polar surface area (TPSA) is 23.8 Å². The van der Waals surface area contributed by atoms with Crippen LogP contribution in [0, 0.1) is 28.8 Å². The third kappa shape index (κ3) is 4.24. The molecule has 0 fully saturated rings. The maximum Gasteiger partial charge on any atom is 0.151 e. The van der Waals surface area contributed by atoms with E-state index in [4.69, 9.17) is 5.26 Å². The van der Waals surface area contributed by atoms with Crippen molar-refractivity contribution in [1.82, 2.24) is 0 Å². The highest BCUT2D eigenvalue weighted by molar-refractivity contribution is 5.89. The average molecular weight is 429 g/mol. The number of benzene rings is 4. The standard InChI is InChI=1S/C28H22F3N/c1-2-3-4-5-18-6-12-23(26(29)14-18)20-9-7-19(8-10-20)21-11-13-24-22(15-21)16-27(30)25(17-32)28(24)31/h6-16H,2-5H2,1H3. The summed E-state index contributed by atoms with van der Waals surface area (Å²) in [7, 11) is 0. The van der Waals surface area contributed by atoms with Crippen LogP contribution in [0.3, 0.4) is 0 Å². The minimum atomic E-state index is -0.876. The van der Waals surface area contributed by atoms with Crippen molar-refractivity contribution >= 4 is 10.8 Å². The summed E-state index contributed by atoms with van der Waals surface area (Å²) < 4.78 is 43.1. The summed E-state index contributed by atoms with van der Waals surface area (Å²) in [4.78, 5) is 0. The Morgan fingerprint density at radius 1 is 0.750 bits per heavy atom. The molecule has 0 radical (unpaired) electrons. The molecular formula is C28H22F3N. The van der Waals surface area contributed by atoms with Gasteiger partial charge in [0.25, 0.3) is 0 Å². The molecule has 0 N–H and O–H groups in total. The predicted octanol–water partition coefficient (Wildman–Crippen LogP) is 8.20. The smallest absolute Gasteiger partial charge is 0.151 e. The zero-order valence-electron chi connectivity index (χ0n) is 17.8. The summed E-state index contributed by atoms with van der Waals surface area (Å²) >= 11 is 0. The van der Waals surface area contributed by atoms with Gasteiger partial charge in [-0.2, -0.15) is 5.26 Å². The van der Waals surface area contributed by atoms with Gasteiger partial charge in [-0.3, -0.25) is 0 Å². The lowest BCUT2D eigenvalue weighted by Gasteiger charge is -2.09. The average Bonchev–Trinajstić information content (AvgIpc) is 2.79. The van der Waals surface area contributed by atoms with E-state index in [0.29, 0.717) is 10.9 Å². The maximum absolute atomic E-state index is 14.7. The molecule has 0 amide bonds. The minimum Gasteiger partial charge on any atom is -0.206 e. The first-order valence-corrected chi connectivity index (χ1v) is 10.7. The molecule has 0 atom stereocenters. The third-order valence-corrected chi connectivity index (χ3v) is 5.77. The molecule has 0 aliphatic carbocycles. The van der Waals surface area contributed by atoms with Gasteiger partial charge in [-0.1, -0.05) is 68.3 Å². The Kier molecular flexibility index (Phi) is 6.28. The van der Waals surface area contributed by atoms with E-state index in [-0.39, 0.29) is 11.2 Å². The molecule has 0 aliphatic heterocycles. The number of aryl methyl sites for hydroxylation is 1. The molecule has 1 nitrogen and oxygen atoms in total. The second kappa shape index (κ2) is 9.28. The van der Waals surface area contributed by atoms with Gasteiger partial charge in [-0.25, -0.2) is 13.2 Å². The van der Waals surface area contributed by atoms with E-state index in [0.717, 1.165) is 47.9 Å². The van der Waals surface area contributed by atoms with Gasteiger partial charge in [0.2, 0.25) is 0 Å². The Balaban J connectivity index is 1.61. The number of fused-ring (bicyclic) bond motifs is 1. The first-order valence-electron chi connectivity index (χ1n) is 10.7. The van der Waals surface area contributed by atoms with Crippen LogP contribution in [0.15, 0.2) is 66.7 Å². The molecule has 4 rings (SSSR count). The van der Waals surface area contributed by atoms with E-state index in [1.807, 2.05) is 36.4 Å². The quantitative estimate of drug-likeness (QED) is 0.283. The molecular weight excluding hydrogens is 407 g/mol. The van der Waals surface area contributed by atoms with Crippen molar-refractivity contribution in [3.05, 3.63) is 95.3 Å². The minimum absolute atomic E-state index is 0.199. The van der Waals surface area contributed by atoms with Crippen LogP contribution in [0.2, 0.25) is 0 Å². The second-order valence-electron chi connectivity index (χ2n) is 7.94. The zero-order chi connectivity index (χ0) is 22.7. The molecule has 0 aliphatic rings. The van der Waals surface area contributed by atoms with Crippen molar-refractivity contribution in [2.45, 2.75) is 32.6 Å². The Labute approximate surface area is 185 Å². The second-order valence-corrected chi connectivity index (χ2v) is 7.94. The summed E-state index contributed by atoms with van der Waals surface area (Å²) in [5.74, 6) is -1.96. The summed E-state index contributed by atoms with van der Waals surface area (Å²) in [6, 6.07) is 20.5. The van der Waals surface area contributed by atoms with Crippen molar-refractivity contribution in [3.8, 4) is 28.3 Å². The molecule has 4 heteroatoms. The molecule has 0 saturated heterocycles. The first kappa shape index (κ1) is 21.6. The highest BCUT2D eigenvalue weighted by Gasteiger charge is 2.14. The fraction of sp³-hybridized carbons (Fsp3) is 0.179. The molecule has 0 saturated carbocycles. The lowest BCUT2D eigenvalue weighted by Crippen LogP contribution is -1.93. The summed E-state index contributed by atoms with van der Waals surface area (Å²) in [6.45, 7) is 2.15. The van der Waals surface area contributed by atoms with Gasteiger partial charge >= 0.3 is 0 Å². The molecule has 0 bridgehead atoms. The SMILES string of the molecule is CCCCCc1ccc(-c2ccc(-c3ccc4c(F)c(C#N)c(F)cc4c3)cc2)c(F)c1. The molecule has 0 unspecified atom stereocenters. The van der Waals surface area contributed by atoms with Crippen LogP contribution in [0.1, 0.15) is 37.3 Å².